The van der Waals surface area contributed by atoms with Crippen molar-refractivity contribution in [2.75, 3.05) is 0 Å². The van der Waals surface area contributed by atoms with Gasteiger partial charge in [0.1, 0.15) is 28.7 Å². The number of benzene rings is 3. The summed E-state index contributed by atoms with van der Waals surface area (Å²) >= 11 is 12.8. The first-order valence-corrected chi connectivity index (χ1v) is 13.8. The topological polar surface area (TPSA) is 154 Å². The van der Waals surface area contributed by atoms with E-state index in [4.69, 9.17) is 28.2 Å². The van der Waals surface area contributed by atoms with Crippen LogP contribution in [0.1, 0.15) is 23.0 Å². The Balaban J connectivity index is 1.31. The fourth-order valence-electron chi connectivity index (χ4n) is 4.70. The number of amides is 1. The number of H-pyrrole nitrogens is 2. The number of rotatable bonds is 8. The first kappa shape index (κ1) is 27.9. The maximum Gasteiger partial charge on any atom is 0.252 e. The van der Waals surface area contributed by atoms with Crippen LogP contribution in [0.25, 0.3) is 33.9 Å². The van der Waals surface area contributed by atoms with Gasteiger partial charge in [0.15, 0.2) is 0 Å². The van der Waals surface area contributed by atoms with Gasteiger partial charge in [-0.05, 0) is 58.8 Å². The number of nitrogens with zero attached hydrogens (tertiary/aromatic N) is 5. The van der Waals surface area contributed by atoms with Gasteiger partial charge < -0.3 is 20.4 Å². The number of tetrazole rings is 1. The molecule has 0 bridgehead atoms. The number of carbonyl (C=O) groups excluding carboxylic acids is 1. The van der Waals surface area contributed by atoms with Crippen molar-refractivity contribution in [3.05, 3.63) is 123 Å². The van der Waals surface area contributed by atoms with Gasteiger partial charge in [-0.2, -0.15) is 4.68 Å². The molecule has 13 heteroatoms. The molecule has 0 aliphatic rings. The molecule has 0 saturated heterocycles. The molecule has 0 fully saturated rings. The molecule has 1 atom stereocenters. The average molecular weight is 613 g/mol. The normalized spacial score (nSPS) is 12.1. The first-order valence-electron chi connectivity index (χ1n) is 13.0. The monoisotopic (exact) mass is 612 g/mol. The third kappa shape index (κ3) is 6.17. The molecular formula is C30H22Cl2N8O3. The van der Waals surface area contributed by atoms with Gasteiger partial charge in [0.2, 0.25) is 5.91 Å². The molecule has 3 aromatic carbocycles. The quantitative estimate of drug-likeness (QED) is 0.176. The summed E-state index contributed by atoms with van der Waals surface area (Å²) in [6.07, 6.45) is 4.90. The van der Waals surface area contributed by atoms with E-state index in [1.807, 2.05) is 30.3 Å². The molecule has 0 aliphatic heterocycles. The standard InChI is InChI=1S/C30H22Cl2N8O3/c31-20-8-10-24(40-16-33-38-39-40)18(13-20)7-11-26(42)35-23(12-17-4-2-1-3-5-17)30-36-28(29(32)37-30)19-6-9-22-21(14-19)25(41)15-27(43)34-22/h1-11,13-16,23H,12H2,(H,35,42)(H,36,37)(H2,34,41,43)/b11-7+/t23-/m0/s1. The van der Waals surface area contributed by atoms with Crippen LogP contribution < -0.4 is 10.9 Å². The van der Waals surface area contributed by atoms with Gasteiger partial charge in [-0.25, -0.2) is 4.98 Å². The van der Waals surface area contributed by atoms with Crippen LogP contribution >= 0.6 is 23.2 Å². The van der Waals surface area contributed by atoms with Crippen molar-refractivity contribution in [1.29, 1.82) is 0 Å². The molecule has 6 aromatic rings. The van der Waals surface area contributed by atoms with Gasteiger partial charge in [0, 0.05) is 33.7 Å². The summed E-state index contributed by atoms with van der Waals surface area (Å²) in [5, 5.41) is 25.8. The third-order valence-electron chi connectivity index (χ3n) is 6.70. The third-order valence-corrected chi connectivity index (χ3v) is 7.21. The molecule has 0 radical (unpaired) electrons. The predicted octanol–water partition coefficient (Wildman–Crippen LogP) is 5.02. The molecule has 6 rings (SSSR count). The smallest absolute Gasteiger partial charge is 0.252 e. The van der Waals surface area contributed by atoms with Crippen molar-refractivity contribution in [1.82, 2.24) is 40.5 Å². The van der Waals surface area contributed by atoms with Crippen LogP contribution in [0, 0.1) is 0 Å². The van der Waals surface area contributed by atoms with Crippen molar-refractivity contribution in [2.24, 2.45) is 0 Å². The Kier molecular flexibility index (Phi) is 7.73. The van der Waals surface area contributed by atoms with Gasteiger partial charge in [-0.3, -0.25) is 9.59 Å². The van der Waals surface area contributed by atoms with Gasteiger partial charge in [-0.15, -0.1) is 5.10 Å². The van der Waals surface area contributed by atoms with Crippen LogP contribution in [-0.2, 0) is 11.2 Å². The van der Waals surface area contributed by atoms with Crippen LogP contribution in [-0.4, -0.2) is 46.2 Å². The molecule has 43 heavy (non-hydrogen) atoms. The minimum Gasteiger partial charge on any atom is -0.507 e. The average Bonchev–Trinajstić information content (AvgIpc) is 3.66. The number of hydrogen-bond acceptors (Lipinski definition) is 7. The summed E-state index contributed by atoms with van der Waals surface area (Å²) in [5.41, 5.74) is 3.37. The summed E-state index contributed by atoms with van der Waals surface area (Å²) in [6.45, 7) is 0. The second kappa shape index (κ2) is 11.9. The van der Waals surface area contributed by atoms with Crippen molar-refractivity contribution in [3.63, 3.8) is 0 Å². The van der Waals surface area contributed by atoms with Crippen LogP contribution in [0.4, 0.5) is 0 Å². The number of pyridine rings is 1. The first-order chi connectivity index (χ1) is 20.8. The number of aromatic nitrogens is 7. The molecule has 11 nitrogen and oxygen atoms in total. The summed E-state index contributed by atoms with van der Waals surface area (Å²) in [6, 6.07) is 20.5. The van der Waals surface area contributed by atoms with E-state index in [0.29, 0.717) is 50.7 Å². The number of aromatic hydroxyl groups is 1. The molecule has 0 unspecified atom stereocenters. The molecule has 0 aliphatic carbocycles. The maximum absolute atomic E-state index is 13.2. The molecule has 3 heterocycles. The highest BCUT2D eigenvalue weighted by molar-refractivity contribution is 6.32. The molecule has 214 valence electrons. The highest BCUT2D eigenvalue weighted by Crippen LogP contribution is 2.32. The SMILES string of the molecule is O=C(/C=C/c1cc(Cl)ccc1-n1cnnn1)N[C@@H](Cc1ccccc1)c1nc(-c2ccc3[nH]c(=O)cc(O)c3c2)c(Cl)[nH]1. The van der Waals surface area contributed by atoms with E-state index in [1.165, 1.54) is 17.1 Å². The summed E-state index contributed by atoms with van der Waals surface area (Å²) in [7, 11) is 0. The van der Waals surface area contributed by atoms with E-state index in [-0.39, 0.29) is 16.8 Å². The Labute approximate surface area is 253 Å². The van der Waals surface area contributed by atoms with Crippen molar-refractivity contribution >= 4 is 46.1 Å². The van der Waals surface area contributed by atoms with E-state index >= 15 is 0 Å². The number of hydrogen-bond donors (Lipinski definition) is 4. The van der Waals surface area contributed by atoms with Crippen LogP contribution in [0.3, 0.4) is 0 Å². The van der Waals surface area contributed by atoms with Gasteiger partial charge in [0.05, 0.1) is 17.2 Å². The Morgan fingerprint density at radius 3 is 2.67 bits per heavy atom. The predicted molar refractivity (Wildman–Crippen MR) is 163 cm³/mol. The molecule has 0 spiro atoms. The Morgan fingerprint density at radius 1 is 1.05 bits per heavy atom. The number of aromatic amines is 2. The Morgan fingerprint density at radius 2 is 1.88 bits per heavy atom. The van der Waals surface area contributed by atoms with Gasteiger partial charge in [0.25, 0.3) is 5.56 Å². The van der Waals surface area contributed by atoms with E-state index in [2.05, 4.69) is 30.8 Å². The Hall–Kier alpha value is -5.26. The summed E-state index contributed by atoms with van der Waals surface area (Å²) < 4.78 is 1.47. The van der Waals surface area contributed by atoms with E-state index in [1.54, 1.807) is 42.5 Å². The number of halogens is 2. The zero-order chi connectivity index (χ0) is 29.9. The number of nitrogens with one attached hydrogen (secondary N) is 3. The van der Waals surface area contributed by atoms with Crippen molar-refractivity contribution in [3.8, 4) is 22.7 Å². The maximum atomic E-state index is 13.2. The lowest BCUT2D eigenvalue weighted by atomic mass is 10.1. The van der Waals surface area contributed by atoms with Crippen molar-refractivity contribution < 1.29 is 9.90 Å². The second-order valence-electron chi connectivity index (χ2n) is 9.61. The zero-order valence-electron chi connectivity index (χ0n) is 22.2. The van der Waals surface area contributed by atoms with Crippen LogP contribution in [0.15, 0.2) is 90.0 Å². The lowest BCUT2D eigenvalue weighted by Gasteiger charge is -2.16. The second-order valence-corrected chi connectivity index (χ2v) is 10.4. The Bertz CT molecular complexity index is 2020. The van der Waals surface area contributed by atoms with E-state index in [9.17, 15) is 14.7 Å². The highest BCUT2D eigenvalue weighted by Gasteiger charge is 2.21. The highest BCUT2D eigenvalue weighted by atomic mass is 35.5. The van der Waals surface area contributed by atoms with Gasteiger partial charge >= 0.3 is 0 Å². The fourth-order valence-corrected chi connectivity index (χ4v) is 5.13. The summed E-state index contributed by atoms with van der Waals surface area (Å²) in [4.78, 5) is 35.5. The zero-order valence-corrected chi connectivity index (χ0v) is 23.7. The summed E-state index contributed by atoms with van der Waals surface area (Å²) in [5.74, 6) is -0.0952. The van der Waals surface area contributed by atoms with Gasteiger partial charge in [-0.1, -0.05) is 59.6 Å². The molecule has 1 amide bonds. The molecule has 3 aromatic heterocycles. The lowest BCUT2D eigenvalue weighted by molar-refractivity contribution is -0.117. The molecule has 0 saturated carbocycles. The van der Waals surface area contributed by atoms with Crippen LogP contribution in [0.5, 0.6) is 5.75 Å². The number of carbonyl (C=O) groups is 1. The number of imidazole rings is 1. The van der Waals surface area contributed by atoms with Crippen LogP contribution in [0.2, 0.25) is 10.2 Å². The minimum absolute atomic E-state index is 0.156. The van der Waals surface area contributed by atoms with E-state index in [0.717, 1.165) is 11.6 Å². The lowest BCUT2D eigenvalue weighted by Crippen LogP contribution is -2.29. The molecule has 4 N–H and O–H groups in total. The largest absolute Gasteiger partial charge is 0.507 e. The minimum atomic E-state index is -0.575. The van der Waals surface area contributed by atoms with E-state index < -0.39 is 11.6 Å². The molecular weight excluding hydrogens is 591 g/mol. The van der Waals surface area contributed by atoms with Crippen molar-refractivity contribution in [2.45, 2.75) is 12.5 Å². The fraction of sp³-hybridized carbons (Fsp3) is 0.0667. The number of fused-ring (bicyclic) bond motifs is 1.